The predicted molar refractivity (Wildman–Crippen MR) is 257 cm³/mol. The van der Waals surface area contributed by atoms with Gasteiger partial charge in [0.05, 0.1) is 108 Å². The molecule has 18 nitrogen and oxygen atoms in total. The van der Waals surface area contributed by atoms with Crippen molar-refractivity contribution < 1.29 is 81.2 Å². The van der Waals surface area contributed by atoms with Crippen LogP contribution < -0.4 is 5.73 Å². The Kier molecular flexibility index (Phi) is 13.9. The van der Waals surface area contributed by atoms with Crippen LogP contribution in [0.4, 0.5) is 0 Å². The topological polar surface area (TPSA) is 239 Å². The van der Waals surface area contributed by atoms with Crippen molar-refractivity contribution >= 4 is 22.7 Å². The molecule has 0 aromatic rings. The number of carboxylic acid groups (broad SMARTS) is 1. The number of ether oxygens (including phenoxy) is 11. The minimum atomic E-state index is -1.55. The zero-order chi connectivity index (χ0) is 50.9. The predicted octanol–water partition coefficient (Wildman–Crippen LogP) is 3.49. The maximum absolute atomic E-state index is 12.7. The quantitative estimate of drug-likeness (QED) is 0.201. The van der Waals surface area contributed by atoms with Gasteiger partial charge in [-0.2, -0.15) is 0 Å². The normalized spacial score (nSPS) is 53.4. The molecule has 11 heterocycles. The second-order valence-corrected chi connectivity index (χ2v) is 26.3. The highest BCUT2D eigenvalue weighted by molar-refractivity contribution is 7.85. The lowest BCUT2D eigenvalue weighted by Crippen LogP contribution is -2.70. The third-order valence-corrected chi connectivity index (χ3v) is 20.6. The van der Waals surface area contributed by atoms with Gasteiger partial charge in [0.15, 0.2) is 0 Å². The summed E-state index contributed by atoms with van der Waals surface area (Å²) in [5, 5.41) is 31.0. The van der Waals surface area contributed by atoms with Gasteiger partial charge >= 0.3 is 11.9 Å². The first-order chi connectivity index (χ1) is 34.1. The number of carbonyl (C=O) groups excluding carboxylic acids is 1. The smallest absolute Gasteiger partial charge is 0.331 e. The Morgan fingerprint density at radius 3 is 2.29 bits per heavy atom. The summed E-state index contributed by atoms with van der Waals surface area (Å²) in [5.74, 6) is -1.96. The van der Waals surface area contributed by atoms with E-state index >= 15 is 0 Å². The Labute approximate surface area is 425 Å². The summed E-state index contributed by atoms with van der Waals surface area (Å²) in [6.45, 7) is 14.4. The number of aliphatic carboxylic acids is 1. The van der Waals surface area contributed by atoms with Crippen molar-refractivity contribution in [2.75, 3.05) is 18.1 Å². The summed E-state index contributed by atoms with van der Waals surface area (Å²) in [4.78, 5) is 23.5. The zero-order valence-electron chi connectivity index (χ0n) is 42.9. The van der Waals surface area contributed by atoms with Crippen molar-refractivity contribution in [1.29, 1.82) is 0 Å². The van der Waals surface area contributed by atoms with Crippen LogP contribution in [-0.4, -0.2) is 187 Å². The molecular weight excluding hydrogens is 955 g/mol. The highest BCUT2D eigenvalue weighted by atomic mass is 32.2. The lowest BCUT2D eigenvalue weighted by Gasteiger charge is -2.60. The first kappa shape index (κ1) is 52.1. The molecule has 404 valence electrons. The number of hydrogen-bond acceptors (Lipinski definition) is 17. The van der Waals surface area contributed by atoms with E-state index in [9.17, 15) is 24.0 Å². The van der Waals surface area contributed by atoms with Gasteiger partial charge in [-0.3, -0.25) is 9.00 Å². The average Bonchev–Trinajstić information content (AvgIpc) is 3.51. The fraction of sp³-hybridized carbons (Fsp3) is 0.887. The van der Waals surface area contributed by atoms with Gasteiger partial charge < -0.3 is 73.2 Å². The molecule has 72 heavy (non-hydrogen) atoms. The maximum atomic E-state index is 12.7. The summed E-state index contributed by atoms with van der Waals surface area (Å²) in [6.07, 6.45) is 7.32. The summed E-state index contributed by atoms with van der Waals surface area (Å²) >= 11 is 0. The Balaban J connectivity index is 0.740. The number of carbonyl (C=O) groups is 2. The van der Waals surface area contributed by atoms with Crippen LogP contribution in [0.5, 0.6) is 0 Å². The lowest BCUT2D eigenvalue weighted by atomic mass is 9.72. The van der Waals surface area contributed by atoms with Gasteiger partial charge in [-0.25, -0.2) is 4.79 Å². The molecule has 5 N–H and O–H groups in total. The Bertz CT molecular complexity index is 2170. The summed E-state index contributed by atoms with van der Waals surface area (Å²) < 4.78 is 88.7. The van der Waals surface area contributed by atoms with E-state index in [1.165, 1.54) is 6.08 Å². The van der Waals surface area contributed by atoms with Crippen LogP contribution in [-0.2, 0) is 72.5 Å². The third-order valence-electron chi connectivity index (χ3n) is 19.1. The monoisotopic (exact) mass is 1030 g/mol. The van der Waals surface area contributed by atoms with Crippen molar-refractivity contribution in [3.05, 3.63) is 23.8 Å². The van der Waals surface area contributed by atoms with E-state index in [2.05, 4.69) is 46.8 Å². The number of rotatable bonds is 8. The van der Waals surface area contributed by atoms with Gasteiger partial charge in [0, 0.05) is 79.9 Å². The molecule has 11 aliphatic rings. The molecule has 11 rings (SSSR count). The van der Waals surface area contributed by atoms with Crippen molar-refractivity contribution in [1.82, 2.24) is 0 Å². The molecular formula is C53H79NO17S. The first-order valence-corrected chi connectivity index (χ1v) is 28.4. The minimum absolute atomic E-state index is 0.0772. The average molecular weight is 1030 g/mol. The van der Waals surface area contributed by atoms with Crippen LogP contribution in [0, 0.1) is 11.8 Å². The molecule has 0 aliphatic carbocycles. The van der Waals surface area contributed by atoms with Crippen LogP contribution in [0.15, 0.2) is 23.8 Å². The number of fused-ring (bicyclic) bond motifs is 10. The fourth-order valence-corrected chi connectivity index (χ4v) is 16.3. The Hall–Kier alpha value is -1.95. The molecule has 11 aliphatic heterocycles. The first-order valence-electron chi connectivity index (χ1n) is 26.9. The van der Waals surface area contributed by atoms with E-state index < -0.39 is 75.0 Å². The Morgan fingerprint density at radius 2 is 1.51 bits per heavy atom. The van der Waals surface area contributed by atoms with E-state index in [0.717, 1.165) is 24.8 Å². The molecule has 0 bridgehead atoms. The van der Waals surface area contributed by atoms with Gasteiger partial charge in [0.2, 0.25) is 0 Å². The maximum Gasteiger partial charge on any atom is 0.331 e. The highest BCUT2D eigenvalue weighted by Gasteiger charge is 2.64. The van der Waals surface area contributed by atoms with Crippen LogP contribution in [0.1, 0.15) is 126 Å². The van der Waals surface area contributed by atoms with Gasteiger partial charge in [-0.1, -0.05) is 19.1 Å². The van der Waals surface area contributed by atoms with Crippen LogP contribution >= 0.6 is 0 Å². The molecule has 0 amide bonds. The van der Waals surface area contributed by atoms with E-state index in [0.29, 0.717) is 51.4 Å². The SMILES string of the molecule is CC1=CC(=O)O[C@H]2C[C@H]3O[C@H]4C[C@@H](C)[C@H]5O[C@H]6C[C@H]7O[C@@]8(C)C/C=C\[C@H]9O[C@H]%10C[C@H]%11O[C@H](CC(CO)CS(=O)CC(N)C(=O)O)C[C@H](O)[C@]%11(C)O[C@@H]%10C[C@@H]9O[C@@H]8C[C@]7(C)O[C@]6(C)CC[C@@H]5O[C@@H]4C[C@]3(C)O[C@H]12. The molecule has 0 spiro atoms. The van der Waals surface area contributed by atoms with Crippen molar-refractivity contribution in [2.45, 2.75) is 263 Å². The number of aliphatic hydroxyl groups is 2. The molecule has 9 saturated heterocycles. The van der Waals surface area contributed by atoms with Gasteiger partial charge in [0.1, 0.15) is 30.0 Å². The standard InChI is InChI=1S/C53H79NO17S/c1-26-13-33-38(21-51(5)40(64-33)19-37-47(70-51)27(2)14-45(57)66-37)63-32-10-12-50(4)41(67-46(26)32)20-42-52(6,71-50)22-44-49(3,69-42)11-8-9-31-34(65-44)17-36-35(62-31)18-43-53(7,68-36)39(56)16-29(61-43)15-28(23-55)24-72(60)25-30(54)48(58)59/h8-9,14,26,28-44,46-47,55-56H,10-13,15-25,54H2,1-7H3,(H,58,59)/b9-8-/t26-,28?,29-,30?,31-,32+,33+,34+,35+,36-,37+,38-,39+,40-,41+,42-,43-,44-,46-,47-,49+,50-,51+,52+,53+,72?/m1/s1. The van der Waals surface area contributed by atoms with E-state index in [1.54, 1.807) is 0 Å². The van der Waals surface area contributed by atoms with Gasteiger partial charge in [-0.05, 0) is 91.1 Å². The van der Waals surface area contributed by atoms with Crippen LogP contribution in [0.2, 0.25) is 0 Å². The molecule has 0 radical (unpaired) electrons. The summed E-state index contributed by atoms with van der Waals surface area (Å²) in [5.41, 5.74) is 2.93. The largest absolute Gasteiger partial charge is 0.480 e. The molecule has 19 heteroatoms. The number of nitrogens with two attached hydrogens (primary N) is 1. The molecule has 3 unspecified atom stereocenters. The van der Waals surface area contributed by atoms with Gasteiger partial charge in [-0.15, -0.1) is 0 Å². The summed E-state index contributed by atoms with van der Waals surface area (Å²) in [6, 6.07) is -1.25. The lowest BCUT2D eigenvalue weighted by molar-refractivity contribution is -0.356. The van der Waals surface area contributed by atoms with Gasteiger partial charge in [0.25, 0.3) is 0 Å². The molecule has 0 saturated carbocycles. The highest BCUT2D eigenvalue weighted by Crippen LogP contribution is 2.55. The number of esters is 1. The van der Waals surface area contributed by atoms with Crippen molar-refractivity contribution in [3.63, 3.8) is 0 Å². The van der Waals surface area contributed by atoms with E-state index in [1.807, 2.05) is 13.8 Å². The van der Waals surface area contributed by atoms with Crippen molar-refractivity contribution in [3.8, 4) is 0 Å². The second-order valence-electron chi connectivity index (χ2n) is 24.7. The summed E-state index contributed by atoms with van der Waals surface area (Å²) in [7, 11) is -1.55. The molecule has 0 aromatic carbocycles. The van der Waals surface area contributed by atoms with Crippen molar-refractivity contribution in [2.24, 2.45) is 17.6 Å². The van der Waals surface area contributed by atoms with Crippen LogP contribution in [0.25, 0.3) is 0 Å². The Morgan fingerprint density at radius 1 is 0.764 bits per heavy atom. The second kappa shape index (κ2) is 19.2. The number of carboxylic acids is 1. The fourth-order valence-electron chi connectivity index (χ4n) is 14.8. The molecule has 9 fully saturated rings. The van der Waals surface area contributed by atoms with E-state index in [-0.39, 0.29) is 122 Å². The number of aliphatic hydroxyl groups excluding tert-OH is 2. The minimum Gasteiger partial charge on any atom is -0.480 e. The number of hydrogen-bond donors (Lipinski definition) is 4. The van der Waals surface area contributed by atoms with Crippen LogP contribution in [0.3, 0.4) is 0 Å². The third kappa shape index (κ3) is 9.44. The molecule has 26 atom stereocenters. The van der Waals surface area contributed by atoms with E-state index in [4.69, 9.17) is 62.9 Å². The molecule has 0 aromatic heterocycles. The zero-order valence-corrected chi connectivity index (χ0v) is 43.7.